The smallest absolute Gasteiger partial charge is 0.243 e. The van der Waals surface area contributed by atoms with Gasteiger partial charge in [0.1, 0.15) is 17.7 Å². The molecule has 5 heteroatoms. The summed E-state index contributed by atoms with van der Waals surface area (Å²) in [5, 5.41) is 3.24. The first kappa shape index (κ1) is 11.6. The maximum absolute atomic E-state index is 11.8. The highest BCUT2D eigenvalue weighted by Gasteiger charge is 2.31. The van der Waals surface area contributed by atoms with Gasteiger partial charge in [-0.1, -0.05) is 12.1 Å². The zero-order valence-electron chi connectivity index (χ0n) is 9.63. The second kappa shape index (κ2) is 4.97. The van der Waals surface area contributed by atoms with E-state index in [2.05, 4.69) is 0 Å². The largest absolute Gasteiger partial charge is 0.495 e. The maximum Gasteiger partial charge on any atom is 0.243 e. The van der Waals surface area contributed by atoms with Gasteiger partial charge in [-0.25, -0.2) is 10.0 Å². The lowest BCUT2D eigenvalue weighted by atomic mass is 10.3. The van der Waals surface area contributed by atoms with Crippen LogP contribution in [-0.2, 0) is 9.59 Å². The predicted molar refractivity (Wildman–Crippen MR) is 62.7 cm³/mol. The van der Waals surface area contributed by atoms with Gasteiger partial charge in [-0.3, -0.25) is 4.79 Å². The first-order chi connectivity index (χ1) is 8.27. The number of carbonyl (C=O) groups excluding carboxylic acids is 2. The summed E-state index contributed by atoms with van der Waals surface area (Å²) in [6, 6.07) is 7.27. The fourth-order valence-corrected chi connectivity index (χ4v) is 1.94. The first-order valence-corrected chi connectivity index (χ1v) is 5.42. The van der Waals surface area contributed by atoms with E-state index in [0.29, 0.717) is 24.4 Å². The van der Waals surface area contributed by atoms with Gasteiger partial charge in [0, 0.05) is 13.0 Å². The van der Waals surface area contributed by atoms with E-state index >= 15 is 0 Å². The van der Waals surface area contributed by atoms with E-state index in [0.717, 1.165) is 6.29 Å². The minimum atomic E-state index is -0.0173. The summed E-state index contributed by atoms with van der Waals surface area (Å²) in [6.45, 7) is 0.777. The van der Waals surface area contributed by atoms with E-state index in [4.69, 9.17) is 4.74 Å². The van der Waals surface area contributed by atoms with Crippen molar-refractivity contribution in [2.24, 2.45) is 0 Å². The minimum Gasteiger partial charge on any atom is -0.495 e. The van der Waals surface area contributed by atoms with Crippen LogP contribution in [0.2, 0.25) is 0 Å². The first-order valence-electron chi connectivity index (χ1n) is 5.42. The molecule has 0 aromatic heterocycles. The van der Waals surface area contributed by atoms with Crippen molar-refractivity contribution >= 4 is 17.9 Å². The van der Waals surface area contributed by atoms with Crippen molar-refractivity contribution < 1.29 is 14.3 Å². The van der Waals surface area contributed by atoms with Gasteiger partial charge in [-0.15, -0.1) is 0 Å². The summed E-state index contributed by atoms with van der Waals surface area (Å²) in [5.74, 6) is 0.606. The molecule has 1 fully saturated rings. The van der Waals surface area contributed by atoms with Crippen molar-refractivity contribution in [1.29, 1.82) is 0 Å². The Bertz CT molecular complexity index is 434. The van der Waals surface area contributed by atoms with Crippen LogP contribution >= 0.6 is 0 Å². The summed E-state index contributed by atoms with van der Waals surface area (Å²) in [4.78, 5) is 22.4. The monoisotopic (exact) mass is 234 g/mol. The molecule has 0 spiro atoms. The second-order valence-electron chi connectivity index (χ2n) is 3.71. The second-order valence-corrected chi connectivity index (χ2v) is 3.71. The van der Waals surface area contributed by atoms with Gasteiger partial charge in [-0.2, -0.15) is 0 Å². The molecule has 0 atom stereocenters. The van der Waals surface area contributed by atoms with Crippen LogP contribution in [0.5, 0.6) is 5.75 Å². The lowest BCUT2D eigenvalue weighted by Crippen LogP contribution is -2.40. The topological polar surface area (TPSA) is 49.9 Å². The number of rotatable bonds is 4. The zero-order chi connectivity index (χ0) is 12.3. The van der Waals surface area contributed by atoms with Crippen molar-refractivity contribution in [3.8, 4) is 5.75 Å². The van der Waals surface area contributed by atoms with Crippen LogP contribution in [0.1, 0.15) is 6.42 Å². The Balaban J connectivity index is 2.35. The highest BCUT2D eigenvalue weighted by Crippen LogP contribution is 2.31. The summed E-state index contributed by atoms with van der Waals surface area (Å²) in [7, 11) is 1.56. The molecule has 17 heavy (non-hydrogen) atoms. The van der Waals surface area contributed by atoms with Gasteiger partial charge in [0.25, 0.3) is 0 Å². The number of amides is 1. The maximum atomic E-state index is 11.8. The molecule has 0 unspecified atom stereocenters. The van der Waals surface area contributed by atoms with Gasteiger partial charge in [0.15, 0.2) is 0 Å². The Morgan fingerprint density at radius 2 is 2.18 bits per heavy atom. The number of benzene rings is 1. The number of ether oxygens (including phenoxy) is 1. The third kappa shape index (κ3) is 2.14. The summed E-state index contributed by atoms with van der Waals surface area (Å²) >= 11 is 0. The van der Waals surface area contributed by atoms with Gasteiger partial charge in [0.05, 0.1) is 13.7 Å². The van der Waals surface area contributed by atoms with Crippen molar-refractivity contribution in [2.45, 2.75) is 6.42 Å². The number of methoxy groups -OCH3 is 1. The number of para-hydroxylation sites is 2. The zero-order valence-corrected chi connectivity index (χ0v) is 9.63. The molecular weight excluding hydrogens is 220 g/mol. The van der Waals surface area contributed by atoms with Crippen LogP contribution in [-0.4, -0.2) is 37.4 Å². The predicted octanol–water partition coefficient (Wildman–Crippen LogP) is 0.848. The van der Waals surface area contributed by atoms with Crippen LogP contribution in [0.4, 0.5) is 5.69 Å². The van der Waals surface area contributed by atoms with Crippen molar-refractivity contribution in [3.05, 3.63) is 24.3 Å². The molecule has 90 valence electrons. The molecule has 1 amide bonds. The Morgan fingerprint density at radius 3 is 2.88 bits per heavy atom. The molecule has 5 nitrogen and oxygen atoms in total. The minimum absolute atomic E-state index is 0.0173. The molecule has 0 radical (unpaired) electrons. The average Bonchev–Trinajstić information content (AvgIpc) is 2.71. The third-order valence-electron chi connectivity index (χ3n) is 2.70. The van der Waals surface area contributed by atoms with E-state index in [1.807, 2.05) is 12.1 Å². The molecule has 0 aliphatic carbocycles. The molecular formula is C12H14N2O3. The molecule has 0 saturated carbocycles. The average molecular weight is 234 g/mol. The summed E-state index contributed by atoms with van der Waals surface area (Å²) < 4.78 is 5.22. The van der Waals surface area contributed by atoms with Gasteiger partial charge in [0.2, 0.25) is 5.91 Å². The molecule has 2 rings (SSSR count). The highest BCUT2D eigenvalue weighted by atomic mass is 16.5. The van der Waals surface area contributed by atoms with Gasteiger partial charge in [-0.05, 0) is 12.1 Å². The quantitative estimate of drug-likeness (QED) is 0.725. The number of aldehydes is 1. The van der Waals surface area contributed by atoms with Crippen LogP contribution in [0.3, 0.4) is 0 Å². The molecule has 1 aromatic rings. The Labute approximate surface area is 99.5 Å². The molecule has 0 N–H and O–H groups in total. The van der Waals surface area contributed by atoms with Crippen molar-refractivity contribution in [3.63, 3.8) is 0 Å². The number of anilines is 1. The number of carbonyl (C=O) groups is 2. The van der Waals surface area contributed by atoms with Gasteiger partial charge < -0.3 is 9.53 Å². The standard InChI is InChI=1S/C12H14N2O3/c1-17-11-5-3-2-4-10(11)14-12(16)6-7-13(14)8-9-15/h2-5,9H,6-8H2,1H3. The van der Waals surface area contributed by atoms with Crippen molar-refractivity contribution in [2.75, 3.05) is 25.2 Å². The lowest BCUT2D eigenvalue weighted by Gasteiger charge is -2.27. The van der Waals surface area contributed by atoms with Crippen LogP contribution in [0.25, 0.3) is 0 Å². The molecule has 1 aliphatic heterocycles. The van der Waals surface area contributed by atoms with Crippen LogP contribution in [0, 0.1) is 0 Å². The number of hydrazine groups is 1. The molecule has 1 heterocycles. The van der Waals surface area contributed by atoms with E-state index in [1.54, 1.807) is 24.3 Å². The van der Waals surface area contributed by atoms with E-state index in [1.165, 1.54) is 5.01 Å². The highest BCUT2D eigenvalue weighted by molar-refractivity contribution is 5.96. The normalized spacial score (nSPS) is 16.3. The number of nitrogens with zero attached hydrogens (tertiary/aromatic N) is 2. The Hall–Kier alpha value is -1.88. The SMILES string of the molecule is COc1ccccc1N1C(=O)CCN1CC=O. The van der Waals surface area contributed by atoms with Crippen molar-refractivity contribution in [1.82, 2.24) is 5.01 Å². The van der Waals surface area contributed by atoms with E-state index in [-0.39, 0.29) is 12.5 Å². The lowest BCUT2D eigenvalue weighted by molar-refractivity contribution is -0.118. The number of hydrogen-bond donors (Lipinski definition) is 0. The number of hydrogen-bond acceptors (Lipinski definition) is 4. The molecule has 1 aromatic carbocycles. The third-order valence-corrected chi connectivity index (χ3v) is 2.70. The van der Waals surface area contributed by atoms with Crippen LogP contribution < -0.4 is 9.75 Å². The summed E-state index contributed by atoms with van der Waals surface area (Å²) in [5.41, 5.74) is 0.680. The summed E-state index contributed by atoms with van der Waals surface area (Å²) in [6.07, 6.45) is 1.22. The van der Waals surface area contributed by atoms with E-state index in [9.17, 15) is 9.59 Å². The van der Waals surface area contributed by atoms with E-state index < -0.39 is 0 Å². The van der Waals surface area contributed by atoms with Gasteiger partial charge >= 0.3 is 0 Å². The molecule has 1 aliphatic rings. The molecule has 0 bridgehead atoms. The Morgan fingerprint density at radius 1 is 1.41 bits per heavy atom. The Kier molecular flexibility index (Phi) is 3.39. The fourth-order valence-electron chi connectivity index (χ4n) is 1.94. The van der Waals surface area contributed by atoms with Crippen LogP contribution in [0.15, 0.2) is 24.3 Å². The fraction of sp³-hybridized carbons (Fsp3) is 0.333. The molecule has 1 saturated heterocycles.